The molecule has 0 aromatic heterocycles. The van der Waals surface area contributed by atoms with Crippen molar-refractivity contribution in [2.75, 3.05) is 6.61 Å². The molecule has 1 fully saturated rings. The van der Waals surface area contributed by atoms with E-state index < -0.39 is 0 Å². The van der Waals surface area contributed by atoms with Crippen LogP contribution in [-0.4, -0.2) is 20.6 Å². The van der Waals surface area contributed by atoms with Crippen molar-refractivity contribution in [1.29, 1.82) is 0 Å². The standard InChI is InChI=1S/C12H23BO/c1-8(2)5-12-11(9(3)4)6-10(13)7-14-12/h8-12H,5-7H2,1-4H3/t10-,11-,12+/m0/s1. The van der Waals surface area contributed by atoms with Crippen LogP contribution in [0.15, 0.2) is 0 Å². The molecule has 2 radical (unpaired) electrons. The summed E-state index contributed by atoms with van der Waals surface area (Å²) in [6.45, 7) is 9.82. The smallest absolute Gasteiger partial charge is 0.0730 e. The molecule has 2 heteroatoms. The molecule has 0 N–H and O–H groups in total. The van der Waals surface area contributed by atoms with Crippen molar-refractivity contribution in [3.63, 3.8) is 0 Å². The van der Waals surface area contributed by atoms with Crippen LogP contribution in [0, 0.1) is 17.8 Å². The number of rotatable bonds is 3. The van der Waals surface area contributed by atoms with Crippen LogP contribution in [0.5, 0.6) is 0 Å². The summed E-state index contributed by atoms with van der Waals surface area (Å²) in [6, 6.07) is 0. The fourth-order valence-electron chi connectivity index (χ4n) is 2.35. The molecule has 1 rings (SSSR count). The number of ether oxygens (including phenoxy) is 1. The Morgan fingerprint density at radius 2 is 1.93 bits per heavy atom. The summed E-state index contributed by atoms with van der Waals surface area (Å²) < 4.78 is 5.85. The van der Waals surface area contributed by atoms with Crippen molar-refractivity contribution < 1.29 is 4.74 Å². The molecule has 0 saturated carbocycles. The van der Waals surface area contributed by atoms with Crippen LogP contribution < -0.4 is 0 Å². The maximum Gasteiger partial charge on any atom is 0.0730 e. The van der Waals surface area contributed by atoms with E-state index in [9.17, 15) is 0 Å². The van der Waals surface area contributed by atoms with Crippen LogP contribution in [0.1, 0.15) is 40.5 Å². The Kier molecular flexibility index (Phi) is 4.50. The highest BCUT2D eigenvalue weighted by molar-refractivity contribution is 6.11. The van der Waals surface area contributed by atoms with Crippen LogP contribution in [0.2, 0.25) is 5.82 Å². The van der Waals surface area contributed by atoms with E-state index in [0.29, 0.717) is 17.9 Å². The van der Waals surface area contributed by atoms with E-state index in [1.165, 1.54) is 6.42 Å². The zero-order valence-corrected chi connectivity index (χ0v) is 9.99. The van der Waals surface area contributed by atoms with Gasteiger partial charge in [0.15, 0.2) is 0 Å². The Hall–Kier alpha value is 0.0249. The third-order valence-corrected chi connectivity index (χ3v) is 3.14. The molecule has 0 aromatic carbocycles. The van der Waals surface area contributed by atoms with Crippen molar-refractivity contribution in [1.82, 2.24) is 0 Å². The minimum absolute atomic E-state index is 0.255. The van der Waals surface area contributed by atoms with Crippen molar-refractivity contribution in [2.24, 2.45) is 17.8 Å². The Balaban J connectivity index is 2.53. The molecule has 14 heavy (non-hydrogen) atoms. The van der Waals surface area contributed by atoms with Gasteiger partial charge in [-0.15, -0.1) is 0 Å². The van der Waals surface area contributed by atoms with E-state index in [2.05, 4.69) is 27.7 Å². The van der Waals surface area contributed by atoms with Gasteiger partial charge in [0.25, 0.3) is 0 Å². The zero-order valence-electron chi connectivity index (χ0n) is 9.99. The second kappa shape index (κ2) is 5.20. The fourth-order valence-corrected chi connectivity index (χ4v) is 2.35. The lowest BCUT2D eigenvalue weighted by Gasteiger charge is -2.38. The Bertz CT molecular complexity index is 168. The third-order valence-electron chi connectivity index (χ3n) is 3.14. The average Bonchev–Trinajstić information content (AvgIpc) is 2.07. The van der Waals surface area contributed by atoms with Crippen molar-refractivity contribution in [2.45, 2.75) is 52.5 Å². The molecule has 1 aliphatic rings. The molecule has 1 heterocycles. The van der Waals surface area contributed by atoms with Gasteiger partial charge in [-0.1, -0.05) is 39.9 Å². The second-order valence-electron chi connectivity index (χ2n) is 5.40. The van der Waals surface area contributed by atoms with Gasteiger partial charge < -0.3 is 4.74 Å². The Morgan fingerprint density at radius 1 is 1.29 bits per heavy atom. The van der Waals surface area contributed by atoms with Gasteiger partial charge in [0, 0.05) is 6.61 Å². The van der Waals surface area contributed by atoms with Gasteiger partial charge in [0.2, 0.25) is 0 Å². The van der Waals surface area contributed by atoms with Gasteiger partial charge in [-0.3, -0.25) is 0 Å². The molecule has 1 aliphatic heterocycles. The summed E-state index contributed by atoms with van der Waals surface area (Å²) in [5, 5.41) is 0. The molecule has 0 aliphatic carbocycles. The normalized spacial score (nSPS) is 34.0. The van der Waals surface area contributed by atoms with E-state index in [1.807, 2.05) is 0 Å². The molecular formula is C12H23BO. The topological polar surface area (TPSA) is 9.23 Å². The summed E-state index contributed by atoms with van der Waals surface area (Å²) in [4.78, 5) is 0. The lowest BCUT2D eigenvalue weighted by Crippen LogP contribution is -2.36. The monoisotopic (exact) mass is 194 g/mol. The first-order valence-electron chi connectivity index (χ1n) is 5.88. The highest BCUT2D eigenvalue weighted by atomic mass is 16.5. The molecule has 1 nitrogen and oxygen atoms in total. The maximum absolute atomic E-state index is 5.93. The molecule has 80 valence electrons. The van der Waals surface area contributed by atoms with Gasteiger partial charge in [-0.2, -0.15) is 0 Å². The highest BCUT2D eigenvalue weighted by Gasteiger charge is 2.31. The molecule has 0 amide bonds. The van der Waals surface area contributed by atoms with E-state index in [1.54, 1.807) is 0 Å². The third kappa shape index (κ3) is 3.31. The summed E-state index contributed by atoms with van der Waals surface area (Å²) in [5.41, 5.74) is 0. The molecular weight excluding hydrogens is 171 g/mol. The van der Waals surface area contributed by atoms with E-state index >= 15 is 0 Å². The van der Waals surface area contributed by atoms with Crippen molar-refractivity contribution in [3.8, 4) is 0 Å². The number of hydrogen-bond donors (Lipinski definition) is 0. The zero-order chi connectivity index (χ0) is 10.7. The molecule has 1 saturated heterocycles. The van der Waals surface area contributed by atoms with Gasteiger partial charge >= 0.3 is 0 Å². The Morgan fingerprint density at radius 3 is 2.43 bits per heavy atom. The first-order chi connectivity index (χ1) is 6.50. The Labute approximate surface area is 90.0 Å². The van der Waals surface area contributed by atoms with Crippen LogP contribution in [0.25, 0.3) is 0 Å². The average molecular weight is 194 g/mol. The lowest BCUT2D eigenvalue weighted by atomic mass is 9.72. The summed E-state index contributed by atoms with van der Waals surface area (Å²) in [6.07, 6.45) is 2.75. The van der Waals surface area contributed by atoms with Gasteiger partial charge in [-0.25, -0.2) is 0 Å². The highest BCUT2D eigenvalue weighted by Crippen LogP contribution is 2.34. The van der Waals surface area contributed by atoms with Crippen LogP contribution in [0.3, 0.4) is 0 Å². The summed E-state index contributed by atoms with van der Waals surface area (Å²) in [7, 11) is 5.93. The van der Waals surface area contributed by atoms with E-state index in [4.69, 9.17) is 12.6 Å². The molecule has 0 spiro atoms. The number of hydrogen-bond acceptors (Lipinski definition) is 1. The predicted molar refractivity (Wildman–Crippen MR) is 61.6 cm³/mol. The molecule has 0 unspecified atom stereocenters. The first-order valence-corrected chi connectivity index (χ1v) is 5.88. The van der Waals surface area contributed by atoms with Gasteiger partial charge in [0.1, 0.15) is 0 Å². The second-order valence-corrected chi connectivity index (χ2v) is 5.40. The minimum atomic E-state index is 0.255. The molecule has 0 bridgehead atoms. The van der Waals surface area contributed by atoms with Crippen molar-refractivity contribution in [3.05, 3.63) is 0 Å². The summed E-state index contributed by atoms with van der Waals surface area (Å²) >= 11 is 0. The fraction of sp³-hybridized carbons (Fsp3) is 1.00. The van der Waals surface area contributed by atoms with Crippen LogP contribution >= 0.6 is 0 Å². The minimum Gasteiger partial charge on any atom is -0.378 e. The van der Waals surface area contributed by atoms with Crippen molar-refractivity contribution >= 4 is 7.85 Å². The SMILES string of the molecule is [B][C@@H]1CO[C@H](CC(C)C)[C@H](C(C)C)C1. The first kappa shape index (κ1) is 12.1. The van der Waals surface area contributed by atoms with E-state index in [0.717, 1.165) is 18.9 Å². The van der Waals surface area contributed by atoms with Gasteiger partial charge in [0.05, 0.1) is 14.0 Å². The molecule has 0 aromatic rings. The quantitative estimate of drug-likeness (QED) is 0.627. The molecule has 3 atom stereocenters. The largest absolute Gasteiger partial charge is 0.378 e. The predicted octanol–water partition coefficient (Wildman–Crippen LogP) is 3.05. The van der Waals surface area contributed by atoms with E-state index in [-0.39, 0.29) is 5.82 Å². The lowest BCUT2D eigenvalue weighted by molar-refractivity contribution is -0.0508. The maximum atomic E-state index is 5.93. The van der Waals surface area contributed by atoms with Crippen LogP contribution in [-0.2, 0) is 4.74 Å². The summed E-state index contributed by atoms with van der Waals surface area (Å²) in [5.74, 6) is 2.31. The van der Waals surface area contributed by atoms with Crippen LogP contribution in [0.4, 0.5) is 0 Å². The van der Waals surface area contributed by atoms with Gasteiger partial charge in [-0.05, 0) is 24.2 Å².